The molecule has 1 aromatic carbocycles. The number of carbonyl (C=O) groups is 1. The summed E-state index contributed by atoms with van der Waals surface area (Å²) in [5.41, 5.74) is 3.74. The van der Waals surface area contributed by atoms with Crippen LogP contribution in [0.2, 0.25) is 0 Å². The van der Waals surface area contributed by atoms with E-state index in [0.29, 0.717) is 13.0 Å². The quantitative estimate of drug-likeness (QED) is 0.947. The van der Waals surface area contributed by atoms with Crippen molar-refractivity contribution in [2.24, 2.45) is 0 Å². The van der Waals surface area contributed by atoms with E-state index in [1.165, 1.54) is 6.07 Å². The maximum atomic E-state index is 13.6. The molecule has 1 aromatic heterocycles. The second-order valence-corrected chi connectivity index (χ2v) is 5.60. The number of carboxylic acid groups (broad SMARTS) is 1. The molecule has 2 aromatic rings. The summed E-state index contributed by atoms with van der Waals surface area (Å²) in [4.78, 5) is 17.7. The van der Waals surface area contributed by atoms with Gasteiger partial charge in [-0.05, 0) is 48.2 Å². The van der Waals surface area contributed by atoms with Crippen molar-refractivity contribution in [1.29, 1.82) is 0 Å². The van der Waals surface area contributed by atoms with Crippen LogP contribution in [0.15, 0.2) is 30.5 Å². The van der Waals surface area contributed by atoms with Gasteiger partial charge in [0.2, 0.25) is 0 Å². The van der Waals surface area contributed by atoms with Gasteiger partial charge in [0.15, 0.2) is 0 Å². The normalized spacial score (nSPS) is 14.6. The van der Waals surface area contributed by atoms with Crippen LogP contribution >= 0.6 is 0 Å². The number of aromatic carboxylic acids is 1. The van der Waals surface area contributed by atoms with Crippen molar-refractivity contribution in [3.8, 4) is 0 Å². The molecular formula is C17H17FN2O2. The molecule has 0 radical (unpaired) electrons. The summed E-state index contributed by atoms with van der Waals surface area (Å²) >= 11 is 0. The Morgan fingerprint density at radius 3 is 3.00 bits per heavy atom. The van der Waals surface area contributed by atoms with E-state index in [2.05, 4.69) is 9.88 Å². The lowest BCUT2D eigenvalue weighted by Gasteiger charge is -2.30. The molecule has 0 aliphatic carbocycles. The van der Waals surface area contributed by atoms with Crippen molar-refractivity contribution >= 4 is 5.97 Å². The van der Waals surface area contributed by atoms with Crippen molar-refractivity contribution < 1.29 is 14.3 Å². The zero-order valence-electron chi connectivity index (χ0n) is 12.3. The Labute approximate surface area is 128 Å². The van der Waals surface area contributed by atoms with Crippen LogP contribution < -0.4 is 0 Å². The fourth-order valence-electron chi connectivity index (χ4n) is 2.97. The number of benzene rings is 1. The van der Waals surface area contributed by atoms with Crippen LogP contribution in [0, 0.1) is 12.7 Å². The highest BCUT2D eigenvalue weighted by Gasteiger charge is 2.23. The highest BCUT2D eigenvalue weighted by atomic mass is 19.1. The molecule has 1 aliphatic rings. The Kier molecular flexibility index (Phi) is 3.90. The van der Waals surface area contributed by atoms with Gasteiger partial charge in [0.1, 0.15) is 5.82 Å². The van der Waals surface area contributed by atoms with Crippen molar-refractivity contribution in [1.82, 2.24) is 9.88 Å². The predicted molar refractivity (Wildman–Crippen MR) is 80.2 cm³/mol. The van der Waals surface area contributed by atoms with Gasteiger partial charge >= 0.3 is 5.97 Å². The van der Waals surface area contributed by atoms with Crippen LogP contribution in [0.25, 0.3) is 0 Å². The van der Waals surface area contributed by atoms with E-state index in [9.17, 15) is 14.3 Å². The van der Waals surface area contributed by atoms with E-state index in [1.54, 1.807) is 6.20 Å². The Balaban J connectivity index is 1.85. The van der Waals surface area contributed by atoms with Crippen molar-refractivity contribution in [2.75, 3.05) is 6.54 Å². The lowest BCUT2D eigenvalue weighted by molar-refractivity contribution is 0.0694. The Bertz CT molecular complexity index is 731. The number of fused-ring (bicyclic) bond motifs is 1. The highest BCUT2D eigenvalue weighted by Crippen LogP contribution is 2.25. The average molecular weight is 300 g/mol. The molecule has 114 valence electrons. The van der Waals surface area contributed by atoms with Gasteiger partial charge in [-0.3, -0.25) is 9.88 Å². The summed E-state index contributed by atoms with van der Waals surface area (Å²) in [5.74, 6) is -1.55. The summed E-state index contributed by atoms with van der Waals surface area (Å²) in [7, 11) is 0. The van der Waals surface area contributed by atoms with Crippen LogP contribution in [0.4, 0.5) is 4.39 Å². The van der Waals surface area contributed by atoms with Gasteiger partial charge in [-0.15, -0.1) is 0 Å². The predicted octanol–water partition coefficient (Wildman–Crippen LogP) is 2.79. The van der Waals surface area contributed by atoms with Gasteiger partial charge < -0.3 is 5.11 Å². The maximum Gasteiger partial charge on any atom is 0.336 e. The molecule has 4 nitrogen and oxygen atoms in total. The first-order valence-corrected chi connectivity index (χ1v) is 7.22. The van der Waals surface area contributed by atoms with E-state index >= 15 is 0 Å². The maximum absolute atomic E-state index is 13.6. The number of nitrogens with zero attached hydrogens (tertiary/aromatic N) is 2. The lowest BCUT2D eigenvalue weighted by Crippen LogP contribution is -2.31. The molecule has 0 amide bonds. The minimum absolute atomic E-state index is 0.0900. The first-order chi connectivity index (χ1) is 10.5. The number of hydrogen-bond acceptors (Lipinski definition) is 3. The fraction of sp³-hybridized carbons (Fsp3) is 0.294. The standard InChI is InChI=1S/C17H17FN2O2/c1-11-12(3-2-5-19-11)9-20-6-4-15-13(10-20)7-14(18)8-16(15)17(21)22/h2-3,5,7-8H,4,6,9-10H2,1H3,(H,21,22). The van der Waals surface area contributed by atoms with Gasteiger partial charge in [-0.2, -0.15) is 0 Å². The minimum atomic E-state index is -1.06. The monoisotopic (exact) mass is 300 g/mol. The van der Waals surface area contributed by atoms with Crippen LogP contribution in [-0.4, -0.2) is 27.5 Å². The molecule has 0 bridgehead atoms. The first-order valence-electron chi connectivity index (χ1n) is 7.22. The SMILES string of the molecule is Cc1ncccc1CN1CCc2c(cc(F)cc2C(=O)O)C1. The molecule has 1 aliphatic heterocycles. The number of halogens is 1. The molecule has 22 heavy (non-hydrogen) atoms. The van der Waals surface area contributed by atoms with E-state index in [-0.39, 0.29) is 5.56 Å². The molecular weight excluding hydrogens is 283 g/mol. The van der Waals surface area contributed by atoms with Crippen LogP contribution in [-0.2, 0) is 19.5 Å². The number of rotatable bonds is 3. The number of aryl methyl sites for hydroxylation is 1. The largest absolute Gasteiger partial charge is 0.478 e. The summed E-state index contributed by atoms with van der Waals surface area (Å²) in [5, 5.41) is 9.21. The summed E-state index contributed by atoms with van der Waals surface area (Å²) < 4.78 is 13.6. The van der Waals surface area contributed by atoms with Gasteiger partial charge in [-0.1, -0.05) is 6.07 Å². The van der Waals surface area contributed by atoms with E-state index < -0.39 is 11.8 Å². The zero-order chi connectivity index (χ0) is 15.7. The third-order valence-corrected chi connectivity index (χ3v) is 4.12. The number of pyridine rings is 1. The Hall–Kier alpha value is -2.27. The third-order valence-electron chi connectivity index (χ3n) is 4.12. The third kappa shape index (κ3) is 2.85. The molecule has 0 unspecified atom stereocenters. The zero-order valence-corrected chi connectivity index (χ0v) is 12.3. The van der Waals surface area contributed by atoms with Gasteiger partial charge in [0.05, 0.1) is 5.56 Å². The minimum Gasteiger partial charge on any atom is -0.478 e. The summed E-state index contributed by atoms with van der Waals surface area (Å²) in [6.45, 7) is 4.02. The number of aromatic nitrogens is 1. The van der Waals surface area contributed by atoms with Crippen LogP contribution in [0.3, 0.4) is 0 Å². The van der Waals surface area contributed by atoms with Gasteiger partial charge in [0.25, 0.3) is 0 Å². The molecule has 0 saturated carbocycles. The van der Waals surface area contributed by atoms with E-state index in [4.69, 9.17) is 0 Å². The van der Waals surface area contributed by atoms with Crippen molar-refractivity contribution in [3.05, 3.63) is 64.2 Å². The fourth-order valence-corrected chi connectivity index (χ4v) is 2.97. The molecule has 1 N–H and O–H groups in total. The average Bonchev–Trinajstić information content (AvgIpc) is 2.48. The number of hydrogen-bond donors (Lipinski definition) is 1. The van der Waals surface area contributed by atoms with Crippen LogP contribution in [0.5, 0.6) is 0 Å². The Morgan fingerprint density at radius 1 is 1.45 bits per heavy atom. The molecule has 5 heteroatoms. The van der Waals surface area contributed by atoms with Gasteiger partial charge in [-0.25, -0.2) is 9.18 Å². The van der Waals surface area contributed by atoms with Gasteiger partial charge in [0, 0.05) is 31.5 Å². The second-order valence-electron chi connectivity index (χ2n) is 5.60. The molecule has 2 heterocycles. The van der Waals surface area contributed by atoms with E-state index in [0.717, 1.165) is 41.5 Å². The Morgan fingerprint density at radius 2 is 2.27 bits per heavy atom. The molecule has 0 atom stereocenters. The van der Waals surface area contributed by atoms with Crippen molar-refractivity contribution in [2.45, 2.75) is 26.4 Å². The highest BCUT2D eigenvalue weighted by molar-refractivity contribution is 5.90. The lowest BCUT2D eigenvalue weighted by atomic mass is 9.94. The number of carboxylic acids is 1. The first kappa shape index (κ1) is 14.7. The topological polar surface area (TPSA) is 53.4 Å². The van der Waals surface area contributed by atoms with E-state index in [1.807, 2.05) is 19.1 Å². The summed E-state index contributed by atoms with van der Waals surface area (Å²) in [6.07, 6.45) is 2.38. The summed E-state index contributed by atoms with van der Waals surface area (Å²) in [6, 6.07) is 6.50. The molecule has 0 saturated heterocycles. The molecule has 0 spiro atoms. The van der Waals surface area contributed by atoms with Crippen molar-refractivity contribution in [3.63, 3.8) is 0 Å². The smallest absolute Gasteiger partial charge is 0.336 e. The molecule has 0 fully saturated rings. The second kappa shape index (κ2) is 5.85. The van der Waals surface area contributed by atoms with Crippen LogP contribution in [0.1, 0.15) is 32.7 Å². The molecule has 3 rings (SSSR count).